The number of carbonyl (C=O) groups excluding carboxylic acids is 2. The molecular formula is C12H16N2O4. The fraction of sp³-hybridized carbons (Fsp3) is 0.333. The van der Waals surface area contributed by atoms with Crippen LogP contribution in [0.1, 0.15) is 17.3 Å². The first kappa shape index (κ1) is 13.8. The Balaban J connectivity index is 2.84. The first-order valence-electron chi connectivity index (χ1n) is 5.35. The Morgan fingerprint density at radius 1 is 1.33 bits per heavy atom. The van der Waals surface area contributed by atoms with Crippen LogP contribution in [0.25, 0.3) is 0 Å². The van der Waals surface area contributed by atoms with Crippen LogP contribution in [-0.4, -0.2) is 32.1 Å². The summed E-state index contributed by atoms with van der Waals surface area (Å²) in [6.07, 6.45) is -0.866. The number of nitrogens with two attached hydrogens (primary N) is 1. The van der Waals surface area contributed by atoms with Crippen molar-refractivity contribution in [2.45, 2.75) is 13.0 Å². The van der Waals surface area contributed by atoms with Crippen molar-refractivity contribution in [3.63, 3.8) is 0 Å². The van der Waals surface area contributed by atoms with E-state index in [1.54, 1.807) is 6.07 Å². The summed E-state index contributed by atoms with van der Waals surface area (Å²) < 4.78 is 9.97. The van der Waals surface area contributed by atoms with Crippen molar-refractivity contribution < 1.29 is 19.1 Å². The zero-order valence-corrected chi connectivity index (χ0v) is 10.5. The summed E-state index contributed by atoms with van der Waals surface area (Å²) in [7, 11) is 2.94. The molecule has 1 aromatic carbocycles. The number of amides is 1. The molecule has 0 saturated heterocycles. The molecule has 0 bridgehead atoms. The van der Waals surface area contributed by atoms with Gasteiger partial charge in [-0.15, -0.1) is 0 Å². The van der Waals surface area contributed by atoms with Crippen LogP contribution in [0.4, 0.5) is 5.69 Å². The van der Waals surface area contributed by atoms with Gasteiger partial charge in [-0.2, -0.15) is 0 Å². The van der Waals surface area contributed by atoms with Gasteiger partial charge in [-0.25, -0.2) is 4.79 Å². The van der Waals surface area contributed by atoms with Gasteiger partial charge in [0.15, 0.2) is 6.10 Å². The molecule has 0 aliphatic heterocycles. The number of anilines is 1. The lowest BCUT2D eigenvalue weighted by Gasteiger charge is -2.12. The van der Waals surface area contributed by atoms with Gasteiger partial charge < -0.3 is 20.5 Å². The number of nitrogens with one attached hydrogen (secondary N) is 1. The largest absolute Gasteiger partial charge is 0.497 e. The Bertz CT molecular complexity index is 459. The maximum atomic E-state index is 11.8. The fourth-order valence-electron chi connectivity index (χ4n) is 1.34. The maximum Gasteiger partial charge on any atom is 0.339 e. The van der Waals surface area contributed by atoms with E-state index in [9.17, 15) is 9.59 Å². The second-order valence-corrected chi connectivity index (χ2v) is 3.66. The smallest absolute Gasteiger partial charge is 0.339 e. The van der Waals surface area contributed by atoms with Crippen LogP contribution in [-0.2, 0) is 9.53 Å². The highest BCUT2D eigenvalue weighted by Gasteiger charge is 2.18. The Labute approximate surface area is 105 Å². The number of ether oxygens (including phenoxy) is 2. The number of benzene rings is 1. The summed E-state index contributed by atoms with van der Waals surface area (Å²) in [4.78, 5) is 23.0. The van der Waals surface area contributed by atoms with Crippen molar-refractivity contribution in [1.29, 1.82) is 0 Å². The maximum absolute atomic E-state index is 11.8. The SMILES string of the molecule is CNC(=O)C(C)OC(=O)c1cc(N)cc(OC)c1. The van der Waals surface area contributed by atoms with Crippen LogP contribution in [0.5, 0.6) is 5.75 Å². The highest BCUT2D eigenvalue weighted by molar-refractivity contribution is 5.93. The zero-order valence-electron chi connectivity index (χ0n) is 10.5. The van der Waals surface area contributed by atoms with E-state index in [1.807, 2.05) is 0 Å². The number of likely N-dealkylation sites (N-methyl/N-ethyl adjacent to an activating group) is 1. The van der Waals surface area contributed by atoms with Crippen molar-refractivity contribution >= 4 is 17.6 Å². The van der Waals surface area contributed by atoms with Gasteiger partial charge in [0.25, 0.3) is 5.91 Å². The summed E-state index contributed by atoms with van der Waals surface area (Å²) in [5.41, 5.74) is 6.24. The third kappa shape index (κ3) is 3.38. The second kappa shape index (κ2) is 5.90. The van der Waals surface area contributed by atoms with E-state index in [-0.39, 0.29) is 11.5 Å². The summed E-state index contributed by atoms with van der Waals surface area (Å²) in [5, 5.41) is 2.39. The number of rotatable bonds is 4. The van der Waals surface area contributed by atoms with Gasteiger partial charge in [0.2, 0.25) is 0 Å². The number of nitrogen functional groups attached to an aromatic ring is 1. The van der Waals surface area contributed by atoms with Crippen molar-refractivity contribution in [3.8, 4) is 5.75 Å². The van der Waals surface area contributed by atoms with Crippen molar-refractivity contribution in [2.24, 2.45) is 0 Å². The summed E-state index contributed by atoms with van der Waals surface area (Å²) >= 11 is 0. The van der Waals surface area contributed by atoms with E-state index in [0.29, 0.717) is 11.4 Å². The van der Waals surface area contributed by atoms with Crippen molar-refractivity contribution in [1.82, 2.24) is 5.32 Å². The molecule has 0 spiro atoms. The minimum Gasteiger partial charge on any atom is -0.497 e. The third-order valence-electron chi connectivity index (χ3n) is 2.30. The molecule has 0 aliphatic rings. The van der Waals surface area contributed by atoms with Gasteiger partial charge in [-0.05, 0) is 19.1 Å². The van der Waals surface area contributed by atoms with Gasteiger partial charge in [0.05, 0.1) is 12.7 Å². The lowest BCUT2D eigenvalue weighted by Crippen LogP contribution is -2.33. The molecule has 0 heterocycles. The van der Waals surface area contributed by atoms with Gasteiger partial charge in [0.1, 0.15) is 5.75 Å². The molecule has 1 atom stereocenters. The van der Waals surface area contributed by atoms with E-state index < -0.39 is 12.1 Å². The monoisotopic (exact) mass is 252 g/mol. The fourth-order valence-corrected chi connectivity index (χ4v) is 1.34. The highest BCUT2D eigenvalue weighted by atomic mass is 16.5. The Morgan fingerprint density at radius 3 is 2.56 bits per heavy atom. The average Bonchev–Trinajstić information content (AvgIpc) is 2.36. The molecule has 1 unspecified atom stereocenters. The third-order valence-corrected chi connectivity index (χ3v) is 2.30. The molecule has 0 fully saturated rings. The molecule has 1 rings (SSSR count). The number of carbonyl (C=O) groups is 2. The predicted molar refractivity (Wildman–Crippen MR) is 66.4 cm³/mol. The zero-order chi connectivity index (χ0) is 13.7. The first-order chi connectivity index (χ1) is 8.47. The molecule has 0 radical (unpaired) electrons. The quantitative estimate of drug-likeness (QED) is 0.604. The summed E-state index contributed by atoms with van der Waals surface area (Å²) in [5.74, 6) is -0.550. The predicted octanol–water partition coefficient (Wildman–Crippen LogP) is 0.569. The topological polar surface area (TPSA) is 90.7 Å². The highest BCUT2D eigenvalue weighted by Crippen LogP contribution is 2.19. The number of hydrogen-bond donors (Lipinski definition) is 2. The summed E-state index contributed by atoms with van der Waals surface area (Å²) in [6, 6.07) is 4.54. The minimum absolute atomic E-state index is 0.239. The van der Waals surface area contributed by atoms with Crippen LogP contribution in [0.2, 0.25) is 0 Å². The van der Waals surface area contributed by atoms with Crippen molar-refractivity contribution in [3.05, 3.63) is 23.8 Å². The van der Waals surface area contributed by atoms with Gasteiger partial charge >= 0.3 is 5.97 Å². The minimum atomic E-state index is -0.866. The standard InChI is InChI=1S/C12H16N2O4/c1-7(11(15)14-2)18-12(16)8-4-9(13)6-10(5-8)17-3/h4-7H,13H2,1-3H3,(H,14,15). The lowest BCUT2D eigenvalue weighted by molar-refractivity contribution is -0.128. The van der Waals surface area contributed by atoms with E-state index in [1.165, 1.54) is 33.2 Å². The number of methoxy groups -OCH3 is 1. The van der Waals surface area contributed by atoms with Crippen LogP contribution in [0.3, 0.4) is 0 Å². The summed E-state index contributed by atoms with van der Waals surface area (Å²) in [6.45, 7) is 1.49. The molecular weight excluding hydrogens is 236 g/mol. The number of hydrogen-bond acceptors (Lipinski definition) is 5. The van der Waals surface area contributed by atoms with Gasteiger partial charge in [-0.3, -0.25) is 4.79 Å². The lowest BCUT2D eigenvalue weighted by atomic mass is 10.2. The number of esters is 1. The van der Waals surface area contributed by atoms with E-state index in [0.717, 1.165) is 0 Å². The molecule has 0 aliphatic carbocycles. The molecule has 1 amide bonds. The molecule has 6 heteroatoms. The second-order valence-electron chi connectivity index (χ2n) is 3.66. The van der Waals surface area contributed by atoms with Crippen LogP contribution < -0.4 is 15.8 Å². The molecule has 18 heavy (non-hydrogen) atoms. The first-order valence-corrected chi connectivity index (χ1v) is 5.35. The van der Waals surface area contributed by atoms with E-state index in [4.69, 9.17) is 15.2 Å². The molecule has 98 valence electrons. The van der Waals surface area contributed by atoms with Crippen LogP contribution in [0, 0.1) is 0 Å². The molecule has 0 aromatic heterocycles. The molecule has 6 nitrogen and oxygen atoms in total. The van der Waals surface area contributed by atoms with E-state index >= 15 is 0 Å². The molecule has 0 saturated carbocycles. The van der Waals surface area contributed by atoms with Gasteiger partial charge in [-0.1, -0.05) is 0 Å². The van der Waals surface area contributed by atoms with E-state index in [2.05, 4.69) is 5.32 Å². The van der Waals surface area contributed by atoms with Crippen molar-refractivity contribution in [2.75, 3.05) is 19.9 Å². The van der Waals surface area contributed by atoms with Gasteiger partial charge in [0, 0.05) is 18.8 Å². The molecule has 1 aromatic rings. The van der Waals surface area contributed by atoms with Crippen LogP contribution >= 0.6 is 0 Å². The Kier molecular flexibility index (Phi) is 4.53. The molecule has 3 N–H and O–H groups in total. The average molecular weight is 252 g/mol. The Morgan fingerprint density at radius 2 is 2.00 bits per heavy atom. The Hall–Kier alpha value is -2.24. The normalized spacial score (nSPS) is 11.5. The van der Waals surface area contributed by atoms with Crippen LogP contribution in [0.15, 0.2) is 18.2 Å².